The van der Waals surface area contributed by atoms with Crippen LogP contribution in [0, 0.1) is 11.8 Å². The van der Waals surface area contributed by atoms with E-state index in [1.807, 2.05) is 0 Å². The van der Waals surface area contributed by atoms with Crippen molar-refractivity contribution >= 4 is 7.82 Å². The minimum absolute atomic E-state index is 0.240. The van der Waals surface area contributed by atoms with Gasteiger partial charge in [-0.2, -0.15) is 0 Å². The van der Waals surface area contributed by atoms with Crippen LogP contribution in [0.5, 0.6) is 0 Å². The number of hydrogen-bond donors (Lipinski definition) is 2. The molecule has 0 radical (unpaired) electrons. The summed E-state index contributed by atoms with van der Waals surface area (Å²) in [4.78, 5) is 18.4. The number of phosphoric acid groups is 1. The van der Waals surface area contributed by atoms with Crippen molar-refractivity contribution in [3.8, 4) is 0 Å². The van der Waals surface area contributed by atoms with E-state index < -0.39 is 7.82 Å². The van der Waals surface area contributed by atoms with E-state index in [-0.39, 0.29) is 17.9 Å². The first-order valence-corrected chi connectivity index (χ1v) is 9.66. The molecule has 0 amide bonds. The van der Waals surface area contributed by atoms with E-state index >= 15 is 0 Å². The van der Waals surface area contributed by atoms with Crippen LogP contribution < -0.4 is 0 Å². The number of phosphoric ester groups is 1. The van der Waals surface area contributed by atoms with Crippen molar-refractivity contribution in [1.29, 1.82) is 0 Å². The lowest BCUT2D eigenvalue weighted by Gasteiger charge is -2.33. The average Bonchev–Trinajstić information content (AvgIpc) is 2.38. The second-order valence-corrected chi connectivity index (χ2v) is 6.87. The maximum Gasteiger partial charge on any atom is 0.469 e. The van der Waals surface area contributed by atoms with Crippen molar-refractivity contribution in [2.75, 3.05) is 0 Å². The van der Waals surface area contributed by atoms with Gasteiger partial charge < -0.3 is 9.79 Å². The van der Waals surface area contributed by atoms with Gasteiger partial charge in [0.05, 0.1) is 6.10 Å². The van der Waals surface area contributed by atoms with Crippen molar-refractivity contribution in [3.63, 3.8) is 0 Å². The van der Waals surface area contributed by atoms with E-state index in [1.54, 1.807) is 0 Å². The Hall–Kier alpha value is 0.110. The Bertz CT molecular complexity index is 261. The Morgan fingerprint density at radius 2 is 1.30 bits per heavy atom. The SMILES string of the molecule is CCCCC(CC)C(OP(=O)(O)O)C(CC)CCCC. The van der Waals surface area contributed by atoms with Crippen LogP contribution in [0.1, 0.15) is 79.1 Å². The first kappa shape index (κ1) is 20.1. The average molecular weight is 308 g/mol. The molecule has 122 valence electrons. The Morgan fingerprint density at radius 1 is 0.900 bits per heavy atom. The van der Waals surface area contributed by atoms with Crippen molar-refractivity contribution in [3.05, 3.63) is 0 Å². The monoisotopic (exact) mass is 308 g/mol. The van der Waals surface area contributed by atoms with E-state index in [1.165, 1.54) is 0 Å². The normalized spacial score (nSPS) is 16.9. The van der Waals surface area contributed by atoms with Gasteiger partial charge in [-0.15, -0.1) is 0 Å². The van der Waals surface area contributed by atoms with Gasteiger partial charge in [0.15, 0.2) is 0 Å². The second kappa shape index (κ2) is 10.8. The van der Waals surface area contributed by atoms with E-state index in [4.69, 9.17) is 4.52 Å². The summed E-state index contributed by atoms with van der Waals surface area (Å²) < 4.78 is 16.5. The zero-order chi connectivity index (χ0) is 15.6. The van der Waals surface area contributed by atoms with Gasteiger partial charge in [-0.05, 0) is 24.7 Å². The van der Waals surface area contributed by atoms with Crippen molar-refractivity contribution in [2.45, 2.75) is 85.2 Å². The maximum absolute atomic E-state index is 11.3. The Morgan fingerprint density at radius 3 is 1.55 bits per heavy atom. The fourth-order valence-electron chi connectivity index (χ4n) is 2.85. The largest absolute Gasteiger partial charge is 0.469 e. The quantitative estimate of drug-likeness (QED) is 0.503. The van der Waals surface area contributed by atoms with Crippen LogP contribution in [0.15, 0.2) is 0 Å². The third kappa shape index (κ3) is 8.41. The summed E-state index contributed by atoms with van der Waals surface area (Å²) in [6.07, 6.45) is 7.86. The number of rotatable bonds is 12. The zero-order valence-corrected chi connectivity index (χ0v) is 14.4. The predicted molar refractivity (Wildman–Crippen MR) is 83.5 cm³/mol. The van der Waals surface area contributed by atoms with Crippen LogP contribution in [-0.2, 0) is 9.09 Å². The second-order valence-electron chi connectivity index (χ2n) is 5.68. The van der Waals surface area contributed by atoms with Crippen molar-refractivity contribution < 1.29 is 18.9 Å². The molecule has 4 nitrogen and oxygen atoms in total. The molecule has 20 heavy (non-hydrogen) atoms. The van der Waals surface area contributed by atoms with E-state index in [0.29, 0.717) is 0 Å². The molecule has 0 saturated carbocycles. The summed E-state index contributed by atoms with van der Waals surface area (Å²) in [5, 5.41) is 0. The number of unbranched alkanes of at least 4 members (excludes halogenated alkanes) is 2. The summed E-state index contributed by atoms with van der Waals surface area (Å²) in [6.45, 7) is 8.45. The molecule has 0 aliphatic heterocycles. The summed E-state index contributed by atoms with van der Waals surface area (Å²) in [5.74, 6) is 0.480. The summed E-state index contributed by atoms with van der Waals surface area (Å²) in [7, 11) is -4.42. The Labute approximate surface area is 124 Å². The van der Waals surface area contributed by atoms with E-state index in [2.05, 4.69) is 27.7 Å². The fraction of sp³-hybridized carbons (Fsp3) is 1.00. The molecule has 0 bridgehead atoms. The smallest absolute Gasteiger partial charge is 0.303 e. The van der Waals surface area contributed by atoms with Crippen LogP contribution >= 0.6 is 7.82 Å². The van der Waals surface area contributed by atoms with Gasteiger partial charge in [-0.25, -0.2) is 4.57 Å². The topological polar surface area (TPSA) is 66.8 Å². The minimum atomic E-state index is -4.42. The Kier molecular flexibility index (Phi) is 10.8. The Balaban J connectivity index is 4.94. The van der Waals surface area contributed by atoms with Gasteiger partial charge in [0.2, 0.25) is 0 Å². The first-order chi connectivity index (χ1) is 9.39. The van der Waals surface area contributed by atoms with Crippen molar-refractivity contribution in [1.82, 2.24) is 0 Å². The van der Waals surface area contributed by atoms with Crippen LogP contribution in [0.25, 0.3) is 0 Å². The molecule has 0 rings (SSSR count). The fourth-order valence-corrected chi connectivity index (χ4v) is 3.51. The highest BCUT2D eigenvalue weighted by molar-refractivity contribution is 7.46. The summed E-state index contributed by atoms with van der Waals surface area (Å²) in [5.41, 5.74) is 0. The zero-order valence-electron chi connectivity index (χ0n) is 13.5. The van der Waals surface area contributed by atoms with Crippen molar-refractivity contribution in [2.24, 2.45) is 11.8 Å². The molecule has 2 unspecified atom stereocenters. The van der Waals surface area contributed by atoms with E-state index in [0.717, 1.165) is 51.4 Å². The molecule has 0 aliphatic rings. The number of hydrogen-bond acceptors (Lipinski definition) is 2. The van der Waals surface area contributed by atoms with Gasteiger partial charge in [0.25, 0.3) is 0 Å². The molecule has 0 spiro atoms. The lowest BCUT2D eigenvalue weighted by Crippen LogP contribution is -2.31. The van der Waals surface area contributed by atoms with E-state index in [9.17, 15) is 14.4 Å². The van der Waals surface area contributed by atoms with Crippen LogP contribution in [0.3, 0.4) is 0 Å². The first-order valence-electron chi connectivity index (χ1n) is 8.13. The van der Waals surface area contributed by atoms with Gasteiger partial charge in [0.1, 0.15) is 0 Å². The van der Waals surface area contributed by atoms with Gasteiger partial charge in [0, 0.05) is 0 Å². The molecule has 0 heterocycles. The lowest BCUT2D eigenvalue weighted by atomic mass is 9.82. The highest BCUT2D eigenvalue weighted by Crippen LogP contribution is 2.44. The molecule has 5 heteroatoms. The van der Waals surface area contributed by atoms with Crippen LogP contribution in [0.4, 0.5) is 0 Å². The lowest BCUT2D eigenvalue weighted by molar-refractivity contribution is 0.0314. The molecule has 0 aromatic heterocycles. The standard InChI is InChI=1S/C15H33O4P/c1-5-9-11-13(7-3)15(19-20(16,17)18)14(8-4)12-10-6-2/h13-15H,5-12H2,1-4H3,(H2,16,17,18). The molecular weight excluding hydrogens is 275 g/mol. The van der Waals surface area contributed by atoms with Gasteiger partial charge in [-0.1, -0.05) is 66.2 Å². The van der Waals surface area contributed by atoms with Crippen LogP contribution in [0.2, 0.25) is 0 Å². The minimum Gasteiger partial charge on any atom is -0.303 e. The van der Waals surface area contributed by atoms with Gasteiger partial charge >= 0.3 is 7.82 Å². The maximum atomic E-state index is 11.3. The summed E-state index contributed by atoms with van der Waals surface area (Å²) in [6, 6.07) is 0. The highest BCUT2D eigenvalue weighted by Gasteiger charge is 2.33. The molecule has 0 aromatic rings. The molecule has 0 aliphatic carbocycles. The molecule has 0 aromatic carbocycles. The molecular formula is C15H33O4P. The predicted octanol–water partition coefficient (Wildman–Crippen LogP) is 4.90. The third-order valence-electron chi connectivity index (χ3n) is 4.09. The highest BCUT2D eigenvalue weighted by atomic mass is 31.2. The van der Waals surface area contributed by atoms with Gasteiger partial charge in [-0.3, -0.25) is 4.52 Å². The summed E-state index contributed by atoms with van der Waals surface area (Å²) >= 11 is 0. The van der Waals surface area contributed by atoms with Crippen LogP contribution in [-0.4, -0.2) is 15.9 Å². The third-order valence-corrected chi connectivity index (χ3v) is 4.61. The molecule has 0 saturated heterocycles. The molecule has 2 N–H and O–H groups in total. The molecule has 0 fully saturated rings. The molecule has 2 atom stereocenters.